The lowest BCUT2D eigenvalue weighted by molar-refractivity contribution is 0.620. The van der Waals surface area contributed by atoms with Crippen LogP contribution in [0.25, 0.3) is 0 Å². The number of para-hydroxylation sites is 2. The third kappa shape index (κ3) is 4.31. The Bertz CT molecular complexity index is 883. The van der Waals surface area contributed by atoms with E-state index in [2.05, 4.69) is 44.4 Å². The number of anilines is 3. The summed E-state index contributed by atoms with van der Waals surface area (Å²) in [5.74, 6) is -0.200. The fraction of sp³-hybridized carbons (Fsp3) is 0.261. The van der Waals surface area contributed by atoms with Gasteiger partial charge in [0.1, 0.15) is 5.82 Å². The zero-order valence-corrected chi connectivity index (χ0v) is 15.9. The summed E-state index contributed by atoms with van der Waals surface area (Å²) in [4.78, 5) is 9.05. The van der Waals surface area contributed by atoms with Crippen LogP contribution < -0.4 is 15.1 Å². The minimum Gasteiger partial charge on any atom is -0.368 e. The Labute approximate surface area is 165 Å². The van der Waals surface area contributed by atoms with Gasteiger partial charge in [-0.2, -0.15) is 0 Å². The average Bonchev–Trinajstić information content (AvgIpc) is 2.75. The van der Waals surface area contributed by atoms with E-state index in [9.17, 15) is 4.39 Å². The number of pyridine rings is 1. The molecular formula is C23H25FN4. The number of halogens is 1. The normalized spacial score (nSPS) is 13.5. The van der Waals surface area contributed by atoms with Gasteiger partial charge in [-0.1, -0.05) is 18.2 Å². The lowest BCUT2D eigenvalue weighted by Gasteiger charge is -2.39. The van der Waals surface area contributed by atoms with E-state index in [0.29, 0.717) is 0 Å². The molecule has 0 atom stereocenters. The molecule has 0 spiro atoms. The number of aromatic nitrogens is 1. The van der Waals surface area contributed by atoms with E-state index < -0.39 is 0 Å². The van der Waals surface area contributed by atoms with Crippen LogP contribution in [-0.2, 0) is 6.54 Å². The van der Waals surface area contributed by atoms with Gasteiger partial charge < -0.3 is 15.1 Å². The number of hydrogen-bond acceptors (Lipinski definition) is 4. The van der Waals surface area contributed by atoms with Crippen LogP contribution >= 0.6 is 0 Å². The van der Waals surface area contributed by atoms with Crippen LogP contribution in [0.15, 0.2) is 72.9 Å². The van der Waals surface area contributed by atoms with Crippen LogP contribution in [-0.4, -0.2) is 31.2 Å². The first-order valence-corrected chi connectivity index (χ1v) is 9.79. The summed E-state index contributed by atoms with van der Waals surface area (Å²) < 4.78 is 13.3. The van der Waals surface area contributed by atoms with Crippen molar-refractivity contribution < 1.29 is 4.39 Å². The van der Waals surface area contributed by atoms with Crippen LogP contribution in [0.2, 0.25) is 0 Å². The molecule has 1 aromatic heterocycles. The van der Waals surface area contributed by atoms with Crippen molar-refractivity contribution in [3.63, 3.8) is 0 Å². The first kappa shape index (κ1) is 18.4. The Hall–Kier alpha value is -2.92. The fourth-order valence-electron chi connectivity index (χ4n) is 3.66. The maximum atomic E-state index is 13.3. The van der Waals surface area contributed by atoms with Gasteiger partial charge in [0.05, 0.1) is 17.1 Å². The van der Waals surface area contributed by atoms with Gasteiger partial charge in [-0.25, -0.2) is 4.39 Å². The molecule has 1 aliphatic heterocycles. The maximum Gasteiger partial charge on any atom is 0.123 e. The van der Waals surface area contributed by atoms with Gasteiger partial charge in [0, 0.05) is 38.1 Å². The molecule has 0 saturated heterocycles. The number of nitrogens with one attached hydrogen (secondary N) is 1. The first-order valence-electron chi connectivity index (χ1n) is 9.79. The highest BCUT2D eigenvalue weighted by Gasteiger charge is 2.22. The molecule has 0 amide bonds. The highest BCUT2D eigenvalue weighted by Crippen LogP contribution is 2.37. The predicted molar refractivity (Wildman–Crippen MR) is 113 cm³/mol. The van der Waals surface area contributed by atoms with Gasteiger partial charge in [-0.05, 0) is 61.5 Å². The number of fused-ring (bicyclic) bond motifs is 1. The van der Waals surface area contributed by atoms with Gasteiger partial charge in [0.2, 0.25) is 0 Å². The third-order valence-corrected chi connectivity index (χ3v) is 5.06. The lowest BCUT2D eigenvalue weighted by atomic mass is 10.1. The average molecular weight is 376 g/mol. The number of rotatable bonds is 7. The minimum absolute atomic E-state index is 0.200. The molecule has 0 saturated carbocycles. The highest BCUT2D eigenvalue weighted by molar-refractivity contribution is 5.79. The molecule has 4 rings (SSSR count). The second-order valence-corrected chi connectivity index (χ2v) is 6.96. The summed E-state index contributed by atoms with van der Waals surface area (Å²) >= 11 is 0. The quantitative estimate of drug-likeness (QED) is 0.621. The summed E-state index contributed by atoms with van der Waals surface area (Å²) in [6.45, 7) is 4.61. The second-order valence-electron chi connectivity index (χ2n) is 6.96. The molecular weight excluding hydrogens is 351 g/mol. The summed E-state index contributed by atoms with van der Waals surface area (Å²) in [6, 6.07) is 21.2. The van der Waals surface area contributed by atoms with Crippen molar-refractivity contribution in [1.82, 2.24) is 10.3 Å². The van der Waals surface area contributed by atoms with Crippen molar-refractivity contribution in [1.29, 1.82) is 0 Å². The molecule has 3 aromatic rings. The van der Waals surface area contributed by atoms with E-state index in [1.165, 1.54) is 23.5 Å². The van der Waals surface area contributed by atoms with E-state index in [4.69, 9.17) is 0 Å². The molecule has 144 valence electrons. The van der Waals surface area contributed by atoms with Gasteiger partial charge in [0.25, 0.3) is 0 Å². The van der Waals surface area contributed by atoms with Crippen molar-refractivity contribution in [2.45, 2.75) is 13.0 Å². The lowest BCUT2D eigenvalue weighted by Crippen LogP contribution is -2.40. The van der Waals surface area contributed by atoms with Gasteiger partial charge in [-0.3, -0.25) is 4.98 Å². The Balaban J connectivity index is 1.36. The summed E-state index contributed by atoms with van der Waals surface area (Å²) in [5.41, 5.74) is 4.52. The van der Waals surface area contributed by atoms with E-state index in [1.54, 1.807) is 0 Å². The van der Waals surface area contributed by atoms with Crippen LogP contribution in [0.3, 0.4) is 0 Å². The van der Waals surface area contributed by atoms with E-state index >= 15 is 0 Å². The van der Waals surface area contributed by atoms with Crippen LogP contribution in [0.1, 0.15) is 12.1 Å². The molecule has 0 bridgehead atoms. The third-order valence-electron chi connectivity index (χ3n) is 5.06. The Morgan fingerprint density at radius 1 is 0.893 bits per heavy atom. The van der Waals surface area contributed by atoms with E-state index in [1.807, 2.05) is 36.5 Å². The summed E-state index contributed by atoms with van der Waals surface area (Å²) in [6.07, 6.45) is 2.90. The van der Waals surface area contributed by atoms with Gasteiger partial charge in [-0.15, -0.1) is 0 Å². The molecule has 2 heterocycles. The standard InChI is InChI=1S/C23H25FN4/c24-19-9-11-21(12-10-19)28-17-16-27(22-7-1-2-8-23(22)28)15-5-13-25-18-20-6-3-4-14-26-20/h1-4,6-12,14,25H,5,13,15-18H2. The minimum atomic E-state index is -0.200. The molecule has 0 fully saturated rings. The molecule has 1 aliphatic rings. The van der Waals surface area contributed by atoms with Crippen molar-refractivity contribution in [2.24, 2.45) is 0 Å². The van der Waals surface area contributed by atoms with Crippen molar-refractivity contribution in [3.8, 4) is 0 Å². The van der Waals surface area contributed by atoms with Gasteiger partial charge in [0.15, 0.2) is 0 Å². The zero-order valence-electron chi connectivity index (χ0n) is 15.9. The molecule has 28 heavy (non-hydrogen) atoms. The molecule has 0 radical (unpaired) electrons. The Morgan fingerprint density at radius 3 is 2.46 bits per heavy atom. The predicted octanol–water partition coefficient (Wildman–Crippen LogP) is 4.36. The maximum absolute atomic E-state index is 13.3. The largest absolute Gasteiger partial charge is 0.368 e. The van der Waals surface area contributed by atoms with Crippen LogP contribution in [0, 0.1) is 5.82 Å². The Kier molecular flexibility index (Phi) is 5.83. The Morgan fingerprint density at radius 2 is 1.68 bits per heavy atom. The zero-order chi connectivity index (χ0) is 19.2. The van der Waals surface area contributed by atoms with Crippen LogP contribution in [0.5, 0.6) is 0 Å². The molecule has 0 unspecified atom stereocenters. The molecule has 1 N–H and O–H groups in total. The van der Waals surface area contributed by atoms with E-state index in [-0.39, 0.29) is 5.82 Å². The highest BCUT2D eigenvalue weighted by atomic mass is 19.1. The molecule has 2 aromatic carbocycles. The fourth-order valence-corrected chi connectivity index (χ4v) is 3.66. The number of hydrogen-bond donors (Lipinski definition) is 1. The summed E-state index contributed by atoms with van der Waals surface area (Å²) in [7, 11) is 0. The topological polar surface area (TPSA) is 31.4 Å². The molecule has 0 aliphatic carbocycles. The summed E-state index contributed by atoms with van der Waals surface area (Å²) in [5, 5.41) is 3.47. The molecule has 4 nitrogen and oxygen atoms in total. The first-order chi connectivity index (χ1) is 13.8. The van der Waals surface area contributed by atoms with Crippen molar-refractivity contribution in [2.75, 3.05) is 36.0 Å². The SMILES string of the molecule is Fc1ccc(N2CCN(CCCNCc3ccccn3)c3ccccc32)cc1. The number of nitrogens with zero attached hydrogens (tertiary/aromatic N) is 3. The van der Waals surface area contributed by atoms with Crippen LogP contribution in [0.4, 0.5) is 21.5 Å². The molecule has 5 heteroatoms. The van der Waals surface area contributed by atoms with Crippen molar-refractivity contribution in [3.05, 3.63) is 84.4 Å². The van der Waals surface area contributed by atoms with E-state index in [0.717, 1.165) is 50.5 Å². The van der Waals surface area contributed by atoms with Crippen molar-refractivity contribution >= 4 is 17.1 Å². The smallest absolute Gasteiger partial charge is 0.123 e. The monoisotopic (exact) mass is 376 g/mol. The number of benzene rings is 2. The second kappa shape index (κ2) is 8.85. The van der Waals surface area contributed by atoms with Gasteiger partial charge >= 0.3 is 0 Å².